The summed E-state index contributed by atoms with van der Waals surface area (Å²) in [6.45, 7) is 8.05. The van der Waals surface area contributed by atoms with Gasteiger partial charge in [0.05, 0.1) is 7.11 Å². The number of benzene rings is 1. The number of fused-ring (bicyclic) bond motifs is 1. The Morgan fingerprint density at radius 2 is 1.95 bits per heavy atom. The summed E-state index contributed by atoms with van der Waals surface area (Å²) < 4.78 is 5.70. The van der Waals surface area contributed by atoms with Gasteiger partial charge in [-0.3, -0.25) is 0 Å². The molecule has 0 aromatic heterocycles. The Morgan fingerprint density at radius 1 is 1.19 bits per heavy atom. The van der Waals surface area contributed by atoms with Crippen molar-refractivity contribution in [1.82, 2.24) is 10.2 Å². The molecule has 0 spiro atoms. The van der Waals surface area contributed by atoms with E-state index in [1.54, 1.807) is 5.56 Å². The maximum atomic E-state index is 5.70. The van der Waals surface area contributed by atoms with Crippen molar-refractivity contribution in [3.63, 3.8) is 0 Å². The van der Waals surface area contributed by atoms with E-state index in [4.69, 9.17) is 4.74 Å². The molecule has 1 aliphatic carbocycles. The molecule has 3 rings (SSSR count). The van der Waals surface area contributed by atoms with Crippen LogP contribution < -0.4 is 10.1 Å². The number of nitrogens with one attached hydrogen (secondary N) is 1. The summed E-state index contributed by atoms with van der Waals surface area (Å²) in [5.41, 5.74) is 6.08. The molecule has 3 heteroatoms. The van der Waals surface area contributed by atoms with Crippen molar-refractivity contribution >= 4 is 0 Å². The predicted molar refractivity (Wildman–Crippen MR) is 87.4 cm³/mol. The van der Waals surface area contributed by atoms with Crippen molar-refractivity contribution in [3.8, 4) is 5.75 Å². The van der Waals surface area contributed by atoms with Gasteiger partial charge in [0.15, 0.2) is 0 Å². The first-order valence-electron chi connectivity index (χ1n) is 8.41. The third-order valence-electron chi connectivity index (χ3n) is 5.13. The number of piperazine rings is 1. The van der Waals surface area contributed by atoms with Crippen molar-refractivity contribution in [2.24, 2.45) is 0 Å². The SMILES string of the molecule is COc1cc2c(c(C)c1CCN1CCNCC1)CCCC2. The number of methoxy groups -OCH3 is 1. The standard InChI is InChI=1S/C18H28N2O/c1-14-16-6-4-3-5-15(16)13-18(21-2)17(14)7-10-20-11-8-19-9-12-20/h13,19H,3-12H2,1-2H3. The van der Waals surface area contributed by atoms with Crippen molar-refractivity contribution in [2.75, 3.05) is 39.8 Å². The smallest absolute Gasteiger partial charge is 0.122 e. The largest absolute Gasteiger partial charge is 0.496 e. The number of aryl methyl sites for hydroxylation is 1. The molecule has 3 nitrogen and oxygen atoms in total. The average molecular weight is 288 g/mol. The van der Waals surface area contributed by atoms with Crippen LogP contribution in [0.1, 0.15) is 35.1 Å². The molecule has 1 aliphatic heterocycles. The summed E-state index contributed by atoms with van der Waals surface area (Å²) in [7, 11) is 1.82. The van der Waals surface area contributed by atoms with Gasteiger partial charge in [-0.15, -0.1) is 0 Å². The normalized spacial score (nSPS) is 19.3. The molecule has 1 aromatic carbocycles. The molecule has 0 amide bonds. The van der Waals surface area contributed by atoms with Crippen molar-refractivity contribution in [3.05, 3.63) is 28.3 Å². The zero-order chi connectivity index (χ0) is 14.7. The van der Waals surface area contributed by atoms with Crippen LogP contribution in [-0.2, 0) is 19.3 Å². The third kappa shape index (κ3) is 3.24. The highest BCUT2D eigenvalue weighted by Gasteiger charge is 2.19. The molecule has 0 unspecified atom stereocenters. The van der Waals surface area contributed by atoms with Crippen LogP contribution in [0.25, 0.3) is 0 Å². The highest BCUT2D eigenvalue weighted by Crippen LogP contribution is 2.33. The van der Waals surface area contributed by atoms with Gasteiger partial charge in [0.1, 0.15) is 5.75 Å². The lowest BCUT2D eigenvalue weighted by atomic mass is 9.85. The first-order chi connectivity index (χ1) is 10.3. The Morgan fingerprint density at radius 3 is 2.71 bits per heavy atom. The highest BCUT2D eigenvalue weighted by atomic mass is 16.5. The second-order valence-electron chi connectivity index (χ2n) is 6.37. The molecule has 0 saturated carbocycles. The lowest BCUT2D eigenvalue weighted by Gasteiger charge is -2.28. The average Bonchev–Trinajstić information content (AvgIpc) is 2.55. The fourth-order valence-electron chi connectivity index (χ4n) is 3.83. The molecule has 1 saturated heterocycles. The van der Waals surface area contributed by atoms with Crippen LogP contribution in [0, 0.1) is 6.92 Å². The van der Waals surface area contributed by atoms with E-state index in [0.717, 1.165) is 31.8 Å². The van der Waals surface area contributed by atoms with Crippen LogP contribution >= 0.6 is 0 Å². The van der Waals surface area contributed by atoms with Gasteiger partial charge in [-0.05, 0) is 67.3 Å². The van der Waals surface area contributed by atoms with Gasteiger partial charge in [0.25, 0.3) is 0 Å². The van der Waals surface area contributed by atoms with Gasteiger partial charge in [-0.2, -0.15) is 0 Å². The van der Waals surface area contributed by atoms with Crippen molar-refractivity contribution in [1.29, 1.82) is 0 Å². The van der Waals surface area contributed by atoms with Gasteiger partial charge in [-0.25, -0.2) is 0 Å². The molecule has 2 aliphatic rings. The molecular weight excluding hydrogens is 260 g/mol. The second-order valence-corrected chi connectivity index (χ2v) is 6.37. The molecule has 1 aromatic rings. The van der Waals surface area contributed by atoms with E-state index in [2.05, 4.69) is 23.2 Å². The Kier molecular flexibility index (Phi) is 4.81. The summed E-state index contributed by atoms with van der Waals surface area (Å²) in [5, 5.41) is 3.42. The maximum absolute atomic E-state index is 5.70. The molecule has 21 heavy (non-hydrogen) atoms. The van der Waals surface area contributed by atoms with E-state index in [9.17, 15) is 0 Å². The van der Waals surface area contributed by atoms with E-state index in [-0.39, 0.29) is 0 Å². The highest BCUT2D eigenvalue weighted by molar-refractivity contribution is 5.50. The fraction of sp³-hybridized carbons (Fsp3) is 0.667. The van der Waals surface area contributed by atoms with Gasteiger partial charge in [0.2, 0.25) is 0 Å². The van der Waals surface area contributed by atoms with Crippen molar-refractivity contribution < 1.29 is 4.74 Å². The quantitative estimate of drug-likeness (QED) is 0.920. The molecular formula is C18H28N2O. The minimum Gasteiger partial charge on any atom is -0.496 e. The first kappa shape index (κ1) is 14.9. The number of nitrogens with zero attached hydrogens (tertiary/aromatic N) is 1. The van der Waals surface area contributed by atoms with Crippen LogP contribution in [-0.4, -0.2) is 44.7 Å². The Labute approximate surface area is 128 Å². The zero-order valence-electron chi connectivity index (χ0n) is 13.5. The minimum atomic E-state index is 1.11. The summed E-state index contributed by atoms with van der Waals surface area (Å²) in [6.07, 6.45) is 6.27. The fourth-order valence-corrected chi connectivity index (χ4v) is 3.83. The van der Waals surface area contributed by atoms with Gasteiger partial charge in [0, 0.05) is 32.7 Å². The second kappa shape index (κ2) is 6.80. The molecule has 0 radical (unpaired) electrons. The topological polar surface area (TPSA) is 24.5 Å². The van der Waals surface area contributed by atoms with E-state index in [1.807, 2.05) is 7.11 Å². The predicted octanol–water partition coefficient (Wildman–Crippen LogP) is 2.33. The van der Waals surface area contributed by atoms with Crippen LogP contribution in [0.4, 0.5) is 0 Å². The van der Waals surface area contributed by atoms with Crippen LogP contribution in [0.2, 0.25) is 0 Å². The number of ether oxygens (including phenoxy) is 1. The number of rotatable bonds is 4. The number of hydrogen-bond donors (Lipinski definition) is 1. The van der Waals surface area contributed by atoms with Crippen LogP contribution in [0.5, 0.6) is 5.75 Å². The van der Waals surface area contributed by atoms with E-state index >= 15 is 0 Å². The van der Waals surface area contributed by atoms with E-state index < -0.39 is 0 Å². The molecule has 1 N–H and O–H groups in total. The Balaban J connectivity index is 1.79. The Bertz CT molecular complexity index is 492. The summed E-state index contributed by atoms with van der Waals surface area (Å²) >= 11 is 0. The van der Waals surface area contributed by atoms with Crippen LogP contribution in [0.3, 0.4) is 0 Å². The minimum absolute atomic E-state index is 1.11. The summed E-state index contributed by atoms with van der Waals surface area (Å²) in [4.78, 5) is 2.56. The van der Waals surface area contributed by atoms with Gasteiger partial charge < -0.3 is 15.0 Å². The van der Waals surface area contributed by atoms with E-state index in [0.29, 0.717) is 0 Å². The molecule has 116 valence electrons. The number of hydrogen-bond acceptors (Lipinski definition) is 3. The van der Waals surface area contributed by atoms with Crippen LogP contribution in [0.15, 0.2) is 6.07 Å². The van der Waals surface area contributed by atoms with Crippen molar-refractivity contribution in [2.45, 2.75) is 39.0 Å². The molecule has 1 fully saturated rings. The van der Waals surface area contributed by atoms with E-state index in [1.165, 1.54) is 55.5 Å². The molecule has 0 atom stereocenters. The molecule has 0 bridgehead atoms. The first-order valence-corrected chi connectivity index (χ1v) is 8.41. The molecule has 1 heterocycles. The third-order valence-corrected chi connectivity index (χ3v) is 5.13. The lowest BCUT2D eigenvalue weighted by Crippen LogP contribution is -2.44. The Hall–Kier alpha value is -1.06. The summed E-state index contributed by atoms with van der Waals surface area (Å²) in [6, 6.07) is 2.31. The van der Waals surface area contributed by atoms with Gasteiger partial charge in [-0.1, -0.05) is 0 Å². The summed E-state index contributed by atoms with van der Waals surface area (Å²) in [5.74, 6) is 1.11. The lowest BCUT2D eigenvalue weighted by molar-refractivity contribution is 0.243. The maximum Gasteiger partial charge on any atom is 0.122 e. The monoisotopic (exact) mass is 288 g/mol. The zero-order valence-corrected chi connectivity index (χ0v) is 13.5. The van der Waals surface area contributed by atoms with Gasteiger partial charge >= 0.3 is 0 Å².